The number of aromatic carboxylic acids is 2. The summed E-state index contributed by atoms with van der Waals surface area (Å²) in [7, 11) is 0. The van der Waals surface area contributed by atoms with Crippen LogP contribution >= 0.6 is 0 Å². The van der Waals surface area contributed by atoms with Gasteiger partial charge in [-0.3, -0.25) is 0 Å². The second-order valence-electron chi connectivity index (χ2n) is 5.69. The predicted molar refractivity (Wildman–Crippen MR) is 92.0 cm³/mol. The van der Waals surface area contributed by atoms with Gasteiger partial charge < -0.3 is 20.2 Å². The minimum Gasteiger partial charge on any atom is -0.477 e. The van der Waals surface area contributed by atoms with Crippen LogP contribution in [0.5, 0.6) is 0 Å². The zero-order valence-electron chi connectivity index (χ0n) is 14.5. The monoisotopic (exact) mass is 332 g/mol. The molecule has 0 unspecified atom stereocenters. The molecule has 0 atom stereocenters. The number of hydrogen-bond donors (Lipinski definition) is 4. The van der Waals surface area contributed by atoms with Crippen LogP contribution in [0.3, 0.4) is 0 Å². The van der Waals surface area contributed by atoms with Crippen molar-refractivity contribution in [2.75, 3.05) is 0 Å². The van der Waals surface area contributed by atoms with E-state index in [1.54, 1.807) is 0 Å². The van der Waals surface area contributed by atoms with Crippen molar-refractivity contribution in [3.63, 3.8) is 0 Å². The SMILES string of the molecule is CCc1c(C(=O)O)[nH]c(-c2[nH]c(C(=O)O)c(CC)c2CC)c1CC. The summed E-state index contributed by atoms with van der Waals surface area (Å²) < 4.78 is 0. The number of carboxylic acids is 2. The van der Waals surface area contributed by atoms with E-state index in [0.29, 0.717) is 37.1 Å². The summed E-state index contributed by atoms with van der Waals surface area (Å²) in [5.41, 5.74) is 5.22. The van der Waals surface area contributed by atoms with Gasteiger partial charge in [0, 0.05) is 0 Å². The molecule has 0 aliphatic carbocycles. The number of aromatic nitrogens is 2. The van der Waals surface area contributed by atoms with E-state index in [4.69, 9.17) is 0 Å². The van der Waals surface area contributed by atoms with Crippen LogP contribution in [0.2, 0.25) is 0 Å². The number of aromatic amines is 2. The van der Waals surface area contributed by atoms with E-state index < -0.39 is 11.9 Å². The molecule has 2 aromatic rings. The summed E-state index contributed by atoms with van der Waals surface area (Å²) in [6, 6.07) is 0. The summed E-state index contributed by atoms with van der Waals surface area (Å²) in [5, 5.41) is 18.9. The Morgan fingerprint density at radius 2 is 0.958 bits per heavy atom. The van der Waals surface area contributed by atoms with Gasteiger partial charge in [0.1, 0.15) is 11.4 Å². The molecule has 2 aromatic heterocycles. The molecule has 0 amide bonds. The Labute approximate surface area is 140 Å². The van der Waals surface area contributed by atoms with Crippen molar-refractivity contribution in [3.8, 4) is 11.4 Å². The number of carbonyl (C=O) groups is 2. The molecule has 24 heavy (non-hydrogen) atoms. The maximum atomic E-state index is 11.5. The van der Waals surface area contributed by atoms with Crippen LogP contribution in [0.15, 0.2) is 0 Å². The Hall–Kier alpha value is -2.50. The molecule has 2 rings (SSSR count). The Morgan fingerprint density at radius 1 is 0.667 bits per heavy atom. The van der Waals surface area contributed by atoms with Gasteiger partial charge in [0.25, 0.3) is 0 Å². The highest BCUT2D eigenvalue weighted by atomic mass is 16.4. The molecule has 0 saturated carbocycles. The van der Waals surface area contributed by atoms with Crippen LogP contribution in [0, 0.1) is 0 Å². The molecule has 6 nitrogen and oxygen atoms in total. The molecule has 130 valence electrons. The molecular formula is C18H24N2O4. The molecule has 0 spiro atoms. The van der Waals surface area contributed by atoms with E-state index in [-0.39, 0.29) is 11.4 Å². The number of rotatable bonds is 7. The Kier molecular flexibility index (Phi) is 5.17. The third kappa shape index (κ3) is 2.72. The third-order valence-electron chi connectivity index (χ3n) is 4.53. The van der Waals surface area contributed by atoms with Gasteiger partial charge >= 0.3 is 11.9 Å². The zero-order valence-corrected chi connectivity index (χ0v) is 14.5. The normalized spacial score (nSPS) is 11.0. The van der Waals surface area contributed by atoms with Crippen LogP contribution in [0.25, 0.3) is 11.4 Å². The van der Waals surface area contributed by atoms with Gasteiger partial charge in [-0.1, -0.05) is 27.7 Å². The van der Waals surface area contributed by atoms with Crippen LogP contribution in [0.1, 0.15) is 70.9 Å². The van der Waals surface area contributed by atoms with Crippen LogP contribution < -0.4 is 0 Å². The number of carboxylic acid groups (broad SMARTS) is 2. The molecular weight excluding hydrogens is 308 g/mol. The Bertz CT molecular complexity index is 717. The number of nitrogens with one attached hydrogen (secondary N) is 2. The van der Waals surface area contributed by atoms with Crippen LogP contribution in [0.4, 0.5) is 0 Å². The second kappa shape index (κ2) is 6.95. The van der Waals surface area contributed by atoms with Gasteiger partial charge in [0.05, 0.1) is 11.4 Å². The number of H-pyrrole nitrogens is 2. The third-order valence-corrected chi connectivity index (χ3v) is 4.53. The molecule has 0 aliphatic rings. The van der Waals surface area contributed by atoms with E-state index >= 15 is 0 Å². The summed E-state index contributed by atoms with van der Waals surface area (Å²) in [6.45, 7) is 7.80. The fraction of sp³-hybridized carbons (Fsp3) is 0.444. The molecule has 4 N–H and O–H groups in total. The van der Waals surface area contributed by atoms with Crippen molar-refractivity contribution in [1.82, 2.24) is 9.97 Å². The minimum absolute atomic E-state index is 0.191. The largest absolute Gasteiger partial charge is 0.477 e. The number of hydrogen-bond acceptors (Lipinski definition) is 2. The maximum Gasteiger partial charge on any atom is 0.352 e. The van der Waals surface area contributed by atoms with E-state index in [2.05, 4.69) is 9.97 Å². The van der Waals surface area contributed by atoms with Gasteiger partial charge in [-0.15, -0.1) is 0 Å². The highest BCUT2D eigenvalue weighted by molar-refractivity contribution is 5.92. The van der Waals surface area contributed by atoms with Crippen molar-refractivity contribution >= 4 is 11.9 Å². The standard InChI is InChI=1S/C18H24N2O4/c1-5-9-11(7-3)15(17(21)22)19-13(9)14-10(6-2)12(8-4)16(20-14)18(23)24/h19-20H,5-8H2,1-4H3,(H,21,22)(H,23,24). The average Bonchev–Trinajstić information content (AvgIpc) is 3.11. The first kappa shape index (κ1) is 17.8. The topological polar surface area (TPSA) is 106 Å². The lowest BCUT2D eigenvalue weighted by Crippen LogP contribution is -2.01. The highest BCUT2D eigenvalue weighted by Gasteiger charge is 2.26. The summed E-state index contributed by atoms with van der Waals surface area (Å²) in [4.78, 5) is 29.1. The summed E-state index contributed by atoms with van der Waals surface area (Å²) in [6.07, 6.45) is 2.56. The quantitative estimate of drug-likeness (QED) is 0.621. The fourth-order valence-corrected chi connectivity index (χ4v) is 3.51. The molecule has 0 aromatic carbocycles. The highest BCUT2D eigenvalue weighted by Crippen LogP contribution is 2.34. The molecule has 0 radical (unpaired) electrons. The van der Waals surface area contributed by atoms with Crippen molar-refractivity contribution in [1.29, 1.82) is 0 Å². The van der Waals surface area contributed by atoms with Gasteiger partial charge in [-0.25, -0.2) is 9.59 Å². The van der Waals surface area contributed by atoms with Crippen LogP contribution in [-0.2, 0) is 25.7 Å². The molecule has 0 aliphatic heterocycles. The van der Waals surface area contributed by atoms with Gasteiger partial charge in [-0.05, 0) is 47.9 Å². The van der Waals surface area contributed by atoms with Gasteiger partial charge in [0.15, 0.2) is 0 Å². The zero-order chi connectivity index (χ0) is 18.0. The molecule has 0 saturated heterocycles. The molecule has 6 heteroatoms. The van der Waals surface area contributed by atoms with E-state index in [1.807, 2.05) is 27.7 Å². The first-order valence-corrected chi connectivity index (χ1v) is 8.35. The van der Waals surface area contributed by atoms with E-state index in [9.17, 15) is 19.8 Å². The predicted octanol–water partition coefficient (Wildman–Crippen LogP) is 3.66. The molecule has 0 fully saturated rings. The van der Waals surface area contributed by atoms with Crippen molar-refractivity contribution in [3.05, 3.63) is 33.6 Å². The maximum absolute atomic E-state index is 11.5. The van der Waals surface area contributed by atoms with Crippen molar-refractivity contribution < 1.29 is 19.8 Å². The van der Waals surface area contributed by atoms with Gasteiger partial charge in [0.2, 0.25) is 0 Å². The van der Waals surface area contributed by atoms with E-state index in [0.717, 1.165) is 22.3 Å². The first-order valence-electron chi connectivity index (χ1n) is 8.35. The Balaban J connectivity index is 2.81. The second-order valence-corrected chi connectivity index (χ2v) is 5.69. The lowest BCUT2D eigenvalue weighted by Gasteiger charge is -2.06. The summed E-state index contributed by atoms with van der Waals surface area (Å²) >= 11 is 0. The average molecular weight is 332 g/mol. The summed E-state index contributed by atoms with van der Waals surface area (Å²) in [5.74, 6) is -1.99. The van der Waals surface area contributed by atoms with E-state index in [1.165, 1.54) is 0 Å². The Morgan fingerprint density at radius 3 is 1.17 bits per heavy atom. The fourth-order valence-electron chi connectivity index (χ4n) is 3.51. The van der Waals surface area contributed by atoms with Crippen LogP contribution in [-0.4, -0.2) is 32.1 Å². The molecule has 0 bridgehead atoms. The smallest absolute Gasteiger partial charge is 0.352 e. The van der Waals surface area contributed by atoms with Crippen molar-refractivity contribution in [2.24, 2.45) is 0 Å². The lowest BCUT2D eigenvalue weighted by molar-refractivity contribution is 0.0679. The lowest BCUT2D eigenvalue weighted by atomic mass is 9.98. The minimum atomic E-state index is -0.994. The van der Waals surface area contributed by atoms with Gasteiger partial charge in [-0.2, -0.15) is 0 Å². The first-order chi connectivity index (χ1) is 11.4. The molecule has 2 heterocycles. The van der Waals surface area contributed by atoms with Crippen molar-refractivity contribution in [2.45, 2.75) is 53.4 Å².